The normalized spacial score (nSPS) is 12.6. The number of allylic oxidation sites excluding steroid dienone is 2. The number of hydrogen-bond acceptors (Lipinski definition) is 2. The first-order chi connectivity index (χ1) is 15.3. The maximum absolute atomic E-state index is 13.7. The smallest absolute Gasteiger partial charge is 0.417 e. The molecule has 0 saturated carbocycles. The molecule has 0 aromatic heterocycles. The van der Waals surface area contributed by atoms with Gasteiger partial charge in [-0.2, -0.15) is 26.3 Å². The van der Waals surface area contributed by atoms with Crippen LogP contribution in [0.25, 0.3) is 16.3 Å². The Bertz CT molecular complexity index is 1280. The Hall–Kier alpha value is -3.34. The lowest BCUT2D eigenvalue weighted by molar-refractivity contribution is -0.137. The molecule has 2 N–H and O–H groups in total. The largest absolute Gasteiger partial charge is 0.465 e. The van der Waals surface area contributed by atoms with E-state index in [1.807, 2.05) is 0 Å². The molecule has 0 aliphatic carbocycles. The van der Waals surface area contributed by atoms with Crippen LogP contribution in [0.2, 0.25) is 0 Å². The molecule has 3 aromatic carbocycles. The number of anilines is 1. The molecule has 172 valence electrons. The van der Waals surface area contributed by atoms with Crippen LogP contribution in [-0.4, -0.2) is 23.2 Å². The van der Waals surface area contributed by atoms with E-state index < -0.39 is 40.9 Å². The van der Waals surface area contributed by atoms with Gasteiger partial charge in [0.1, 0.15) is 0 Å². The van der Waals surface area contributed by atoms with Crippen LogP contribution in [0, 0.1) is 0 Å². The lowest BCUT2D eigenvalue weighted by Crippen LogP contribution is -2.14. The molecule has 33 heavy (non-hydrogen) atoms. The number of halogens is 7. The summed E-state index contributed by atoms with van der Waals surface area (Å²) in [5.41, 5.74) is -3.63. The fourth-order valence-electron chi connectivity index (χ4n) is 3.11. The molecule has 0 spiro atoms. The van der Waals surface area contributed by atoms with Gasteiger partial charge in [0.25, 0.3) is 0 Å². The van der Waals surface area contributed by atoms with Gasteiger partial charge in [0.15, 0.2) is 5.78 Å². The van der Waals surface area contributed by atoms with Gasteiger partial charge < -0.3 is 5.11 Å². The number of alkyl halides is 6. The molecule has 0 heterocycles. The highest BCUT2D eigenvalue weighted by molar-refractivity contribution is 9.10. The van der Waals surface area contributed by atoms with Crippen molar-refractivity contribution in [3.05, 3.63) is 81.8 Å². The third-order valence-corrected chi connectivity index (χ3v) is 4.98. The van der Waals surface area contributed by atoms with Gasteiger partial charge in [-0.05, 0) is 47.4 Å². The van der Waals surface area contributed by atoms with E-state index in [1.54, 1.807) is 0 Å². The Kier molecular flexibility index (Phi) is 6.55. The number of ketones is 1. The lowest BCUT2D eigenvalue weighted by atomic mass is 9.98. The van der Waals surface area contributed by atoms with Crippen LogP contribution in [0.5, 0.6) is 0 Å². The van der Waals surface area contributed by atoms with Crippen LogP contribution in [0.3, 0.4) is 0 Å². The SMILES string of the molecule is O=C(O)Nc1cccc2cc(C(=O)C=C(c3cc(Br)cc(C(F)(F)F)c3)C(F)(F)F)ccc12. The summed E-state index contributed by atoms with van der Waals surface area (Å²) in [6.45, 7) is 0. The lowest BCUT2D eigenvalue weighted by Gasteiger charge is -2.15. The van der Waals surface area contributed by atoms with Crippen LogP contribution in [0.1, 0.15) is 21.5 Å². The number of hydrogen-bond donors (Lipinski definition) is 2. The second kappa shape index (κ2) is 8.89. The zero-order chi connectivity index (χ0) is 24.6. The van der Waals surface area contributed by atoms with Crippen LogP contribution in [-0.2, 0) is 6.18 Å². The fraction of sp³-hybridized carbons (Fsp3) is 0.0909. The summed E-state index contributed by atoms with van der Waals surface area (Å²) in [5, 5.41) is 11.8. The van der Waals surface area contributed by atoms with Crippen molar-refractivity contribution in [2.75, 3.05) is 5.32 Å². The van der Waals surface area contributed by atoms with Crippen molar-refractivity contribution in [1.82, 2.24) is 0 Å². The number of benzene rings is 3. The van der Waals surface area contributed by atoms with Gasteiger partial charge in [0.2, 0.25) is 0 Å². The Morgan fingerprint density at radius 3 is 2.21 bits per heavy atom. The van der Waals surface area contributed by atoms with Crippen LogP contribution in [0.4, 0.5) is 36.8 Å². The first-order valence-corrected chi connectivity index (χ1v) is 9.79. The summed E-state index contributed by atoms with van der Waals surface area (Å²) in [6.07, 6.45) is -11.1. The van der Waals surface area contributed by atoms with E-state index in [0.29, 0.717) is 22.9 Å². The molecule has 1 amide bonds. The predicted octanol–water partition coefficient (Wildman–Crippen LogP) is 7.54. The molecular formula is C22H12BrF6NO3. The number of rotatable bonds is 4. The van der Waals surface area contributed by atoms with Crippen molar-refractivity contribution < 1.29 is 41.0 Å². The number of nitrogens with one attached hydrogen (secondary N) is 1. The van der Waals surface area contributed by atoms with E-state index in [9.17, 15) is 35.9 Å². The minimum absolute atomic E-state index is 0.164. The van der Waals surface area contributed by atoms with Crippen molar-refractivity contribution in [3.63, 3.8) is 0 Å². The van der Waals surface area contributed by atoms with Gasteiger partial charge in [-0.1, -0.05) is 40.2 Å². The summed E-state index contributed by atoms with van der Waals surface area (Å²) in [6, 6.07) is 10.1. The van der Waals surface area contributed by atoms with Crippen molar-refractivity contribution in [3.8, 4) is 0 Å². The highest BCUT2D eigenvalue weighted by Crippen LogP contribution is 2.39. The molecule has 0 fully saturated rings. The quantitative estimate of drug-likeness (QED) is 0.207. The van der Waals surface area contributed by atoms with E-state index in [2.05, 4.69) is 21.2 Å². The Labute approximate surface area is 190 Å². The van der Waals surface area contributed by atoms with Gasteiger partial charge in [-0.25, -0.2) is 4.79 Å². The maximum Gasteiger partial charge on any atom is 0.417 e. The molecular weight excluding hydrogens is 520 g/mol. The summed E-state index contributed by atoms with van der Waals surface area (Å²) in [4.78, 5) is 23.5. The fourth-order valence-corrected chi connectivity index (χ4v) is 3.61. The van der Waals surface area contributed by atoms with Crippen LogP contribution >= 0.6 is 15.9 Å². The number of fused-ring (bicyclic) bond motifs is 1. The van der Waals surface area contributed by atoms with E-state index in [1.165, 1.54) is 36.4 Å². The molecule has 4 nitrogen and oxygen atoms in total. The van der Waals surface area contributed by atoms with E-state index in [-0.39, 0.29) is 21.8 Å². The highest BCUT2D eigenvalue weighted by atomic mass is 79.9. The topological polar surface area (TPSA) is 66.4 Å². The molecule has 0 aliphatic heterocycles. The monoisotopic (exact) mass is 531 g/mol. The predicted molar refractivity (Wildman–Crippen MR) is 113 cm³/mol. The molecule has 0 bridgehead atoms. The van der Waals surface area contributed by atoms with Crippen LogP contribution < -0.4 is 5.32 Å². The number of carbonyl (C=O) groups is 2. The molecule has 0 unspecified atom stereocenters. The molecule has 3 aromatic rings. The second-order valence-electron chi connectivity index (χ2n) is 6.82. The van der Waals surface area contributed by atoms with E-state index in [0.717, 1.165) is 6.07 Å². The van der Waals surface area contributed by atoms with Crippen molar-refractivity contribution in [2.24, 2.45) is 0 Å². The maximum atomic E-state index is 13.7. The third-order valence-electron chi connectivity index (χ3n) is 4.52. The van der Waals surface area contributed by atoms with E-state index >= 15 is 0 Å². The first-order valence-electron chi connectivity index (χ1n) is 9.00. The van der Waals surface area contributed by atoms with Crippen molar-refractivity contribution in [2.45, 2.75) is 12.4 Å². The Morgan fingerprint density at radius 2 is 1.61 bits per heavy atom. The van der Waals surface area contributed by atoms with Gasteiger partial charge >= 0.3 is 18.4 Å². The molecule has 0 aliphatic rings. The number of carboxylic acid groups (broad SMARTS) is 1. The van der Waals surface area contributed by atoms with Gasteiger partial charge in [-0.15, -0.1) is 0 Å². The third kappa shape index (κ3) is 5.72. The summed E-state index contributed by atoms with van der Waals surface area (Å²) < 4.78 is 80.0. The van der Waals surface area contributed by atoms with Gasteiger partial charge in [0, 0.05) is 15.4 Å². The summed E-state index contributed by atoms with van der Waals surface area (Å²) >= 11 is 2.78. The zero-order valence-corrected chi connectivity index (χ0v) is 17.8. The molecule has 11 heteroatoms. The minimum atomic E-state index is -5.12. The minimum Gasteiger partial charge on any atom is -0.465 e. The summed E-state index contributed by atoms with van der Waals surface area (Å²) in [7, 11) is 0. The number of carbonyl (C=O) groups excluding carboxylic acids is 1. The molecule has 0 radical (unpaired) electrons. The van der Waals surface area contributed by atoms with Crippen LogP contribution in [0.15, 0.2) is 65.1 Å². The first kappa shape index (κ1) is 24.3. The standard InChI is InChI=1S/C22H12BrF6NO3/c23-15-8-13(7-14(9-15)21(24,25)26)17(22(27,28)29)10-19(31)12-4-5-16-11(6-12)2-1-3-18(16)30-20(32)33/h1-10,30H,(H,32,33). The van der Waals surface area contributed by atoms with E-state index in [4.69, 9.17) is 5.11 Å². The highest BCUT2D eigenvalue weighted by Gasteiger charge is 2.38. The summed E-state index contributed by atoms with van der Waals surface area (Å²) in [5.74, 6) is -1.09. The molecule has 0 saturated heterocycles. The number of amides is 1. The second-order valence-corrected chi connectivity index (χ2v) is 7.73. The Morgan fingerprint density at radius 1 is 0.909 bits per heavy atom. The van der Waals surface area contributed by atoms with Gasteiger partial charge in [0.05, 0.1) is 16.8 Å². The van der Waals surface area contributed by atoms with Crippen molar-refractivity contribution in [1.29, 1.82) is 0 Å². The average molecular weight is 532 g/mol. The zero-order valence-electron chi connectivity index (χ0n) is 16.2. The van der Waals surface area contributed by atoms with Gasteiger partial charge in [-0.3, -0.25) is 10.1 Å². The average Bonchev–Trinajstić information content (AvgIpc) is 2.69. The Balaban J connectivity index is 2.08. The van der Waals surface area contributed by atoms with Crippen molar-refractivity contribution >= 4 is 49.8 Å². The molecule has 3 rings (SSSR count). The molecule has 0 atom stereocenters.